The molecule has 0 radical (unpaired) electrons. The van der Waals surface area contributed by atoms with Gasteiger partial charge in [-0.25, -0.2) is 8.42 Å². The normalized spacial score (nSPS) is 11.4. The summed E-state index contributed by atoms with van der Waals surface area (Å²) in [6.07, 6.45) is 3.19. The Morgan fingerprint density at radius 2 is 1.74 bits per heavy atom. The largest absolute Gasteiger partial charge is 0.472 e. The summed E-state index contributed by atoms with van der Waals surface area (Å²) in [5, 5.41) is 0.488. The molecule has 1 aromatic heterocycles. The van der Waals surface area contributed by atoms with Crippen LogP contribution in [0, 0.1) is 6.92 Å². The van der Waals surface area contributed by atoms with E-state index >= 15 is 0 Å². The molecule has 0 aliphatic rings. The first-order chi connectivity index (χ1) is 11.0. The summed E-state index contributed by atoms with van der Waals surface area (Å²) < 4.78 is 32.7. The second-order valence-electron chi connectivity index (χ2n) is 5.10. The van der Waals surface area contributed by atoms with Crippen molar-refractivity contribution in [2.75, 3.05) is 4.72 Å². The molecule has 3 rings (SSSR count). The van der Waals surface area contributed by atoms with E-state index in [0.29, 0.717) is 10.7 Å². The average molecular weight is 348 g/mol. The van der Waals surface area contributed by atoms with Crippen molar-refractivity contribution in [1.82, 2.24) is 0 Å². The minimum atomic E-state index is -3.67. The van der Waals surface area contributed by atoms with Crippen LogP contribution >= 0.6 is 11.6 Å². The Morgan fingerprint density at radius 1 is 1.00 bits per heavy atom. The zero-order valence-electron chi connectivity index (χ0n) is 12.3. The predicted molar refractivity (Wildman–Crippen MR) is 91.1 cm³/mol. The summed E-state index contributed by atoms with van der Waals surface area (Å²) >= 11 is 5.80. The molecule has 0 saturated carbocycles. The van der Waals surface area contributed by atoms with Crippen molar-refractivity contribution < 1.29 is 12.8 Å². The van der Waals surface area contributed by atoms with Crippen molar-refractivity contribution in [1.29, 1.82) is 0 Å². The molecule has 0 unspecified atom stereocenters. The third-order valence-electron chi connectivity index (χ3n) is 3.46. The molecule has 6 heteroatoms. The van der Waals surface area contributed by atoms with Crippen molar-refractivity contribution in [3.63, 3.8) is 0 Å². The number of aryl methyl sites for hydroxylation is 1. The third-order valence-corrected chi connectivity index (χ3v) is 5.09. The number of benzene rings is 2. The van der Waals surface area contributed by atoms with Gasteiger partial charge in [0.2, 0.25) is 0 Å². The minimum Gasteiger partial charge on any atom is -0.472 e. The molecule has 0 fully saturated rings. The van der Waals surface area contributed by atoms with E-state index < -0.39 is 10.0 Å². The van der Waals surface area contributed by atoms with Gasteiger partial charge in [-0.3, -0.25) is 4.72 Å². The summed E-state index contributed by atoms with van der Waals surface area (Å²) in [6, 6.07) is 13.4. The molecule has 4 nitrogen and oxygen atoms in total. The van der Waals surface area contributed by atoms with Gasteiger partial charge < -0.3 is 4.42 Å². The zero-order valence-corrected chi connectivity index (χ0v) is 13.9. The number of furan rings is 1. The van der Waals surface area contributed by atoms with Crippen molar-refractivity contribution in [3.05, 3.63) is 71.6 Å². The summed E-state index contributed by atoms with van der Waals surface area (Å²) in [4.78, 5) is 0.162. The third kappa shape index (κ3) is 3.41. The van der Waals surface area contributed by atoms with Crippen LogP contribution in [0.1, 0.15) is 5.56 Å². The van der Waals surface area contributed by atoms with E-state index in [2.05, 4.69) is 4.72 Å². The van der Waals surface area contributed by atoms with Gasteiger partial charge in [-0.2, -0.15) is 0 Å². The van der Waals surface area contributed by atoms with Gasteiger partial charge in [0.05, 0.1) is 23.1 Å². The number of hydrogen-bond donors (Lipinski definition) is 1. The van der Waals surface area contributed by atoms with Gasteiger partial charge in [0.1, 0.15) is 0 Å². The fourth-order valence-corrected chi connectivity index (χ4v) is 3.41. The summed E-state index contributed by atoms with van der Waals surface area (Å²) in [7, 11) is -3.67. The maximum Gasteiger partial charge on any atom is 0.261 e. The zero-order chi connectivity index (χ0) is 16.4. The van der Waals surface area contributed by atoms with Crippen LogP contribution in [0.4, 0.5) is 5.69 Å². The van der Waals surface area contributed by atoms with E-state index in [1.807, 2.05) is 25.1 Å². The molecule has 2 aromatic carbocycles. The van der Waals surface area contributed by atoms with Gasteiger partial charge in [0.15, 0.2) is 0 Å². The van der Waals surface area contributed by atoms with Crippen LogP contribution < -0.4 is 4.72 Å². The van der Waals surface area contributed by atoms with Gasteiger partial charge in [-0.05, 0) is 54.4 Å². The Labute approximate surface area is 139 Å². The summed E-state index contributed by atoms with van der Waals surface area (Å²) in [5.74, 6) is 0. The Kier molecular flexibility index (Phi) is 4.15. The fraction of sp³-hybridized carbons (Fsp3) is 0.0588. The van der Waals surface area contributed by atoms with Crippen LogP contribution in [0.5, 0.6) is 0 Å². The highest BCUT2D eigenvalue weighted by molar-refractivity contribution is 7.92. The molecule has 0 aliphatic heterocycles. The molecule has 0 spiro atoms. The van der Waals surface area contributed by atoms with E-state index in [-0.39, 0.29) is 4.90 Å². The molecule has 23 heavy (non-hydrogen) atoms. The van der Waals surface area contributed by atoms with E-state index in [9.17, 15) is 8.42 Å². The molecule has 1 heterocycles. The standard InChI is InChI=1S/C17H14ClNO3S/c1-12-2-3-13(14-8-9-22-11-14)10-17(12)19-23(20,21)16-6-4-15(18)5-7-16/h2-11,19H,1H3. The Balaban J connectivity index is 1.96. The van der Waals surface area contributed by atoms with Gasteiger partial charge in [-0.1, -0.05) is 23.7 Å². The van der Waals surface area contributed by atoms with Crippen LogP contribution in [0.2, 0.25) is 5.02 Å². The van der Waals surface area contributed by atoms with Gasteiger partial charge >= 0.3 is 0 Å². The van der Waals surface area contributed by atoms with Crippen molar-refractivity contribution in [3.8, 4) is 11.1 Å². The topological polar surface area (TPSA) is 59.3 Å². The molecule has 0 amide bonds. The number of nitrogens with one attached hydrogen (secondary N) is 1. The first kappa shape index (κ1) is 15.6. The maximum absolute atomic E-state index is 12.5. The van der Waals surface area contributed by atoms with Crippen LogP contribution in [0.3, 0.4) is 0 Å². The molecule has 0 atom stereocenters. The number of rotatable bonds is 4. The van der Waals surface area contributed by atoms with E-state index in [0.717, 1.165) is 16.7 Å². The minimum absolute atomic E-state index is 0.162. The monoisotopic (exact) mass is 347 g/mol. The smallest absolute Gasteiger partial charge is 0.261 e. The maximum atomic E-state index is 12.5. The first-order valence-electron chi connectivity index (χ1n) is 6.87. The quantitative estimate of drug-likeness (QED) is 0.743. The SMILES string of the molecule is Cc1ccc(-c2ccoc2)cc1NS(=O)(=O)c1ccc(Cl)cc1. The predicted octanol–water partition coefficient (Wildman–Crippen LogP) is 4.71. The molecular formula is C17H14ClNO3S. The van der Waals surface area contributed by atoms with Crippen molar-refractivity contribution in [2.24, 2.45) is 0 Å². The number of hydrogen-bond acceptors (Lipinski definition) is 3. The molecule has 3 aromatic rings. The molecule has 0 aliphatic carbocycles. The van der Waals surface area contributed by atoms with E-state index in [1.54, 1.807) is 30.7 Å². The van der Waals surface area contributed by atoms with Crippen LogP contribution in [0.25, 0.3) is 11.1 Å². The highest BCUT2D eigenvalue weighted by Gasteiger charge is 2.15. The molecular weight excluding hydrogens is 334 g/mol. The van der Waals surface area contributed by atoms with Crippen LogP contribution in [-0.2, 0) is 10.0 Å². The number of sulfonamides is 1. The average Bonchev–Trinajstić information content (AvgIpc) is 3.04. The lowest BCUT2D eigenvalue weighted by molar-refractivity contribution is 0.568. The molecule has 0 bridgehead atoms. The molecule has 1 N–H and O–H groups in total. The summed E-state index contributed by atoms with van der Waals surface area (Å²) in [6.45, 7) is 1.85. The molecule has 118 valence electrons. The van der Waals surface area contributed by atoms with Gasteiger partial charge in [0, 0.05) is 10.6 Å². The number of halogens is 1. The lowest BCUT2D eigenvalue weighted by atomic mass is 10.1. The first-order valence-corrected chi connectivity index (χ1v) is 8.73. The number of anilines is 1. The van der Waals surface area contributed by atoms with Gasteiger partial charge in [-0.15, -0.1) is 0 Å². The van der Waals surface area contributed by atoms with E-state index in [4.69, 9.17) is 16.0 Å². The lowest BCUT2D eigenvalue weighted by Crippen LogP contribution is -2.13. The Morgan fingerprint density at radius 3 is 2.39 bits per heavy atom. The highest BCUT2D eigenvalue weighted by atomic mass is 35.5. The van der Waals surface area contributed by atoms with E-state index in [1.165, 1.54) is 12.1 Å². The molecule has 0 saturated heterocycles. The van der Waals surface area contributed by atoms with Crippen molar-refractivity contribution >= 4 is 27.3 Å². The summed E-state index contributed by atoms with van der Waals surface area (Å²) in [5.41, 5.74) is 3.11. The highest BCUT2D eigenvalue weighted by Crippen LogP contribution is 2.27. The van der Waals surface area contributed by atoms with Crippen LogP contribution in [0.15, 0.2) is 70.4 Å². The fourth-order valence-electron chi connectivity index (χ4n) is 2.16. The second kappa shape index (κ2) is 6.10. The van der Waals surface area contributed by atoms with Gasteiger partial charge in [0.25, 0.3) is 10.0 Å². The Hall–Kier alpha value is -2.24. The second-order valence-corrected chi connectivity index (χ2v) is 7.22. The Bertz CT molecular complexity index is 917. The lowest BCUT2D eigenvalue weighted by Gasteiger charge is -2.12. The van der Waals surface area contributed by atoms with Crippen LogP contribution in [-0.4, -0.2) is 8.42 Å². The van der Waals surface area contributed by atoms with Crippen molar-refractivity contribution in [2.45, 2.75) is 11.8 Å².